The predicted molar refractivity (Wildman–Crippen MR) is 139 cm³/mol. The van der Waals surface area contributed by atoms with E-state index in [4.69, 9.17) is 9.73 Å². The average Bonchev–Trinajstić information content (AvgIpc) is 2.94. The number of aliphatic imine (C=N–C) groups is 1. The highest BCUT2D eigenvalue weighted by molar-refractivity contribution is 6.14. The highest BCUT2D eigenvalue weighted by Gasteiger charge is 2.35. The van der Waals surface area contributed by atoms with Crippen LogP contribution in [0.2, 0.25) is 0 Å². The first-order valence-electron chi connectivity index (χ1n) is 12.3. The maximum atomic E-state index is 6.21. The summed E-state index contributed by atoms with van der Waals surface area (Å²) in [6, 6.07) is 32.6. The molecule has 3 fully saturated rings. The topological polar surface area (TPSA) is 50.6 Å². The molecule has 4 heterocycles. The number of fused-ring (bicyclic) bond motifs is 3. The highest BCUT2D eigenvalue weighted by atomic mass is 16.5. The fraction of sp³-hybridized carbons (Fsp3) is 0.233. The van der Waals surface area contributed by atoms with E-state index in [0.717, 1.165) is 40.3 Å². The number of aromatic nitrogens is 2. The lowest BCUT2D eigenvalue weighted by molar-refractivity contribution is -0.0103. The van der Waals surface area contributed by atoms with Crippen molar-refractivity contribution < 1.29 is 4.74 Å². The zero-order valence-corrected chi connectivity index (χ0v) is 19.6. The molecule has 174 valence electrons. The van der Waals surface area contributed by atoms with Crippen LogP contribution in [0.25, 0.3) is 11.3 Å². The highest BCUT2D eigenvalue weighted by Crippen LogP contribution is 2.30. The largest absolute Gasteiger partial charge is 0.472 e. The molecule has 2 bridgehead atoms. The third-order valence-electron chi connectivity index (χ3n) is 7.01. The predicted octanol–water partition coefficient (Wildman–Crippen LogP) is 5.79. The first kappa shape index (κ1) is 21.7. The average molecular weight is 461 g/mol. The van der Waals surface area contributed by atoms with Gasteiger partial charge in [0.1, 0.15) is 6.10 Å². The van der Waals surface area contributed by atoms with Gasteiger partial charge in [-0.05, 0) is 50.0 Å². The maximum absolute atomic E-state index is 6.21. The molecule has 0 N–H and O–H groups in total. The fourth-order valence-electron chi connectivity index (χ4n) is 5.06. The second-order valence-electron chi connectivity index (χ2n) is 9.29. The Hall–Kier alpha value is -3.83. The quantitative estimate of drug-likeness (QED) is 0.342. The standard InChI is InChI=1S/C30H28N4O/c1-3-7-24(8-4-1)30(31-26-9-5-2-6-10-26)25-13-11-22(12-14-25)27-15-16-29(33-32-27)35-28-21-34-19-17-23(28)18-20-34/h1-16,23,28H,17-21H2/t28-/m0/s1. The number of hydrogen-bond acceptors (Lipinski definition) is 5. The molecule has 0 amide bonds. The minimum atomic E-state index is 0.234. The first-order chi connectivity index (χ1) is 17.3. The second kappa shape index (κ2) is 9.80. The molecule has 0 radical (unpaired) electrons. The van der Waals surface area contributed by atoms with Crippen molar-refractivity contribution in [1.82, 2.24) is 15.1 Å². The van der Waals surface area contributed by atoms with Gasteiger partial charge in [0, 0.05) is 29.3 Å². The van der Waals surface area contributed by atoms with Gasteiger partial charge in [-0.2, -0.15) is 0 Å². The van der Waals surface area contributed by atoms with E-state index in [1.165, 1.54) is 25.9 Å². The van der Waals surface area contributed by atoms with Crippen molar-refractivity contribution in [2.75, 3.05) is 19.6 Å². The van der Waals surface area contributed by atoms with Crippen LogP contribution in [0.15, 0.2) is 102 Å². The molecule has 1 atom stereocenters. The van der Waals surface area contributed by atoms with Crippen molar-refractivity contribution in [3.05, 3.63) is 108 Å². The molecule has 35 heavy (non-hydrogen) atoms. The Morgan fingerprint density at radius 2 is 1.43 bits per heavy atom. The summed E-state index contributed by atoms with van der Waals surface area (Å²) >= 11 is 0. The number of benzene rings is 3. The van der Waals surface area contributed by atoms with Crippen molar-refractivity contribution in [3.8, 4) is 17.1 Å². The Bertz CT molecular complexity index is 1280. The zero-order chi connectivity index (χ0) is 23.5. The van der Waals surface area contributed by atoms with Crippen LogP contribution in [0.5, 0.6) is 5.88 Å². The summed E-state index contributed by atoms with van der Waals surface area (Å²) in [6.45, 7) is 3.41. The van der Waals surface area contributed by atoms with Crippen LogP contribution in [0.3, 0.4) is 0 Å². The third kappa shape index (κ3) is 4.86. The summed E-state index contributed by atoms with van der Waals surface area (Å²) in [4.78, 5) is 7.44. The third-order valence-corrected chi connectivity index (χ3v) is 7.01. The normalized spacial score (nSPS) is 21.6. The SMILES string of the molecule is c1ccc(N=C(c2ccccc2)c2ccc(-c3ccc(O[C@H]4CN5CCC4CC5)nn3)cc2)cc1. The van der Waals surface area contributed by atoms with Gasteiger partial charge in [-0.3, -0.25) is 4.90 Å². The van der Waals surface area contributed by atoms with Gasteiger partial charge in [-0.15, -0.1) is 10.2 Å². The van der Waals surface area contributed by atoms with E-state index in [1.807, 2.05) is 60.7 Å². The molecule has 0 aliphatic carbocycles. The van der Waals surface area contributed by atoms with Crippen molar-refractivity contribution in [1.29, 1.82) is 0 Å². The lowest BCUT2D eigenvalue weighted by Crippen LogP contribution is -2.52. The Morgan fingerprint density at radius 3 is 2.06 bits per heavy atom. The minimum Gasteiger partial charge on any atom is -0.472 e. The molecular formula is C30H28N4O. The fourth-order valence-corrected chi connectivity index (χ4v) is 5.06. The lowest BCUT2D eigenvalue weighted by atomic mass is 9.86. The molecule has 0 unspecified atom stereocenters. The van der Waals surface area contributed by atoms with Crippen LogP contribution in [0.4, 0.5) is 5.69 Å². The molecule has 3 aliphatic rings. The van der Waals surface area contributed by atoms with Crippen LogP contribution >= 0.6 is 0 Å². The number of piperidine rings is 3. The van der Waals surface area contributed by atoms with E-state index in [-0.39, 0.29) is 6.10 Å². The number of para-hydroxylation sites is 1. The molecule has 5 nitrogen and oxygen atoms in total. The molecule has 3 saturated heterocycles. The van der Waals surface area contributed by atoms with Gasteiger partial charge in [0.2, 0.25) is 5.88 Å². The molecule has 4 aromatic rings. The van der Waals surface area contributed by atoms with E-state index in [9.17, 15) is 0 Å². The molecular weight excluding hydrogens is 432 g/mol. The molecule has 0 spiro atoms. The van der Waals surface area contributed by atoms with E-state index in [2.05, 4.69) is 51.5 Å². The number of rotatable bonds is 6. The van der Waals surface area contributed by atoms with Gasteiger partial charge in [-0.1, -0.05) is 72.8 Å². The molecule has 7 rings (SSSR count). The minimum absolute atomic E-state index is 0.234. The summed E-state index contributed by atoms with van der Waals surface area (Å²) in [5.74, 6) is 1.26. The molecule has 0 saturated carbocycles. The number of nitrogens with zero attached hydrogens (tertiary/aromatic N) is 4. The summed E-state index contributed by atoms with van der Waals surface area (Å²) < 4.78 is 6.21. The van der Waals surface area contributed by atoms with E-state index >= 15 is 0 Å². The Balaban J connectivity index is 1.22. The summed E-state index contributed by atoms with van der Waals surface area (Å²) in [6.07, 6.45) is 2.68. The van der Waals surface area contributed by atoms with E-state index in [1.54, 1.807) is 0 Å². The molecule has 1 aromatic heterocycles. The first-order valence-corrected chi connectivity index (χ1v) is 12.3. The van der Waals surface area contributed by atoms with E-state index in [0.29, 0.717) is 11.8 Å². The maximum Gasteiger partial charge on any atom is 0.233 e. The van der Waals surface area contributed by atoms with Crippen LogP contribution in [0, 0.1) is 5.92 Å². The molecule has 3 aromatic carbocycles. The summed E-state index contributed by atoms with van der Waals surface area (Å²) in [5, 5.41) is 8.84. The monoisotopic (exact) mass is 460 g/mol. The second-order valence-corrected chi connectivity index (χ2v) is 9.29. The van der Waals surface area contributed by atoms with Crippen LogP contribution in [-0.4, -0.2) is 46.5 Å². The van der Waals surface area contributed by atoms with Gasteiger partial charge in [0.25, 0.3) is 0 Å². The van der Waals surface area contributed by atoms with Crippen molar-refractivity contribution in [2.45, 2.75) is 18.9 Å². The van der Waals surface area contributed by atoms with E-state index < -0.39 is 0 Å². The van der Waals surface area contributed by atoms with Crippen LogP contribution in [-0.2, 0) is 0 Å². The summed E-state index contributed by atoms with van der Waals surface area (Å²) in [7, 11) is 0. The van der Waals surface area contributed by atoms with Crippen molar-refractivity contribution in [3.63, 3.8) is 0 Å². The van der Waals surface area contributed by atoms with Gasteiger partial charge in [0.05, 0.1) is 17.1 Å². The van der Waals surface area contributed by atoms with Gasteiger partial charge in [0.15, 0.2) is 0 Å². The molecule has 5 heteroatoms. The van der Waals surface area contributed by atoms with Gasteiger partial charge >= 0.3 is 0 Å². The van der Waals surface area contributed by atoms with Crippen molar-refractivity contribution >= 4 is 11.4 Å². The summed E-state index contributed by atoms with van der Waals surface area (Å²) in [5.41, 5.74) is 5.86. The zero-order valence-electron chi connectivity index (χ0n) is 19.6. The van der Waals surface area contributed by atoms with Crippen LogP contribution < -0.4 is 4.74 Å². The Labute approximate surface area is 206 Å². The Morgan fingerprint density at radius 1 is 0.743 bits per heavy atom. The van der Waals surface area contributed by atoms with Crippen LogP contribution in [0.1, 0.15) is 24.0 Å². The molecule has 3 aliphatic heterocycles. The lowest BCUT2D eigenvalue weighted by Gasteiger charge is -2.44. The number of ether oxygens (including phenoxy) is 1. The smallest absolute Gasteiger partial charge is 0.233 e. The Kier molecular flexibility index (Phi) is 6.07. The van der Waals surface area contributed by atoms with Gasteiger partial charge < -0.3 is 4.74 Å². The number of hydrogen-bond donors (Lipinski definition) is 0. The van der Waals surface area contributed by atoms with Gasteiger partial charge in [-0.25, -0.2) is 4.99 Å². The van der Waals surface area contributed by atoms with Crippen molar-refractivity contribution in [2.24, 2.45) is 10.9 Å².